The number of carbonyl (C=O) groups is 1. The van der Waals surface area contributed by atoms with Crippen molar-refractivity contribution >= 4 is 35.7 Å². The molecule has 1 aromatic rings. The van der Waals surface area contributed by atoms with E-state index in [9.17, 15) is 18.3 Å². The minimum absolute atomic E-state index is 0.0459. The van der Waals surface area contributed by atoms with Gasteiger partial charge >= 0.3 is 13.9 Å². The number of nitrogens with zero attached hydrogens (tertiary/aromatic N) is 2. The molecule has 1 atom stereocenters. The molecule has 1 aliphatic heterocycles. The van der Waals surface area contributed by atoms with Crippen LogP contribution >= 0.6 is 11.8 Å². The first-order valence-electron chi connectivity index (χ1n) is 11.6. The predicted molar refractivity (Wildman–Crippen MR) is 137 cm³/mol. The Morgan fingerprint density at radius 1 is 1.15 bits per heavy atom. The second kappa shape index (κ2) is 11.4. The largest absolute Gasteiger partial charge is 0.462 e. The topological polar surface area (TPSA) is 96.4 Å². The molecule has 1 unspecified atom stereocenters. The molecule has 1 aromatic carbocycles. The molecule has 0 aromatic heterocycles. The second-order valence-corrected chi connectivity index (χ2v) is 17.2. The zero-order chi connectivity index (χ0) is 25.8. The zero-order valence-electron chi connectivity index (χ0n) is 21.5. The number of likely N-dealkylation sites (tertiary alicyclic amines) is 1. The van der Waals surface area contributed by atoms with Gasteiger partial charge in [0.1, 0.15) is 12.3 Å². The van der Waals surface area contributed by atoms with Crippen LogP contribution in [0.1, 0.15) is 54.4 Å². The number of hydrogen-bond acceptors (Lipinski definition) is 8. The van der Waals surface area contributed by atoms with Crippen molar-refractivity contribution < 1.29 is 27.6 Å². The van der Waals surface area contributed by atoms with Crippen LogP contribution in [0.25, 0.3) is 0 Å². The number of carbonyl (C=O) groups excluding carboxylic acids is 1. The molecular formula is C23H40N2O6S2Si. The molecule has 1 heterocycles. The van der Waals surface area contributed by atoms with E-state index in [1.54, 1.807) is 45.5 Å². The van der Waals surface area contributed by atoms with E-state index in [0.29, 0.717) is 21.3 Å². The molecule has 0 bridgehead atoms. The maximum atomic E-state index is 13.6. The maximum absolute atomic E-state index is 13.6. The molecule has 0 aliphatic carbocycles. The average molecular weight is 533 g/mol. The normalized spacial score (nSPS) is 17.7. The number of benzene rings is 1. The molecule has 194 valence electrons. The van der Waals surface area contributed by atoms with E-state index in [4.69, 9.17) is 9.26 Å². The summed E-state index contributed by atoms with van der Waals surface area (Å²) >= 11 is 1.44. The van der Waals surface area contributed by atoms with Gasteiger partial charge in [0, 0.05) is 10.8 Å². The number of aliphatic hydroxyl groups is 1. The fourth-order valence-corrected chi connectivity index (χ4v) is 10.5. The highest BCUT2D eigenvalue weighted by Crippen LogP contribution is 2.35. The summed E-state index contributed by atoms with van der Waals surface area (Å²) < 4.78 is 39.4. The molecule has 1 N–H and O–H groups in total. The molecule has 1 aliphatic rings. The Kier molecular flexibility index (Phi) is 9.82. The predicted octanol–water partition coefficient (Wildman–Crippen LogP) is 4.84. The Hall–Kier alpha value is -0.953. The van der Waals surface area contributed by atoms with E-state index < -0.39 is 36.3 Å². The van der Waals surface area contributed by atoms with Crippen molar-refractivity contribution in [1.29, 1.82) is 0 Å². The molecule has 0 radical (unpaired) electrons. The van der Waals surface area contributed by atoms with Gasteiger partial charge in [-0.2, -0.15) is 0 Å². The summed E-state index contributed by atoms with van der Waals surface area (Å²) in [5, 5.41) is 10.1. The highest BCUT2D eigenvalue weighted by atomic mass is 32.2. The summed E-state index contributed by atoms with van der Waals surface area (Å²) in [6.45, 7) is 13.8. The van der Waals surface area contributed by atoms with Crippen LogP contribution in [-0.4, -0.2) is 68.1 Å². The molecule has 0 saturated carbocycles. The van der Waals surface area contributed by atoms with Crippen molar-refractivity contribution in [2.75, 3.05) is 25.7 Å². The fourth-order valence-electron chi connectivity index (χ4n) is 3.88. The molecule has 34 heavy (non-hydrogen) atoms. The number of sulfonamides is 1. The van der Waals surface area contributed by atoms with Gasteiger partial charge in [-0.05, 0) is 76.8 Å². The van der Waals surface area contributed by atoms with Gasteiger partial charge in [-0.3, -0.25) is 9.69 Å². The van der Waals surface area contributed by atoms with Crippen LogP contribution in [-0.2, 0) is 19.3 Å². The lowest BCUT2D eigenvalue weighted by molar-refractivity contribution is -0.0456. The first-order valence-corrected chi connectivity index (χ1v) is 16.6. The van der Waals surface area contributed by atoms with Crippen LogP contribution in [0, 0.1) is 5.41 Å². The van der Waals surface area contributed by atoms with Crippen LogP contribution in [0.5, 0.6) is 0 Å². The van der Waals surface area contributed by atoms with Gasteiger partial charge in [-0.25, -0.2) is 8.42 Å². The first kappa shape index (κ1) is 29.3. The molecule has 0 amide bonds. The Bertz CT molecular complexity index is 940. The van der Waals surface area contributed by atoms with Crippen LogP contribution in [0.4, 0.5) is 4.79 Å². The van der Waals surface area contributed by atoms with E-state index in [1.807, 2.05) is 20.8 Å². The lowest BCUT2D eigenvalue weighted by Crippen LogP contribution is -2.54. The average Bonchev–Trinajstić information content (AvgIpc) is 3.21. The molecule has 8 nitrogen and oxygen atoms in total. The van der Waals surface area contributed by atoms with E-state index >= 15 is 0 Å². The van der Waals surface area contributed by atoms with Gasteiger partial charge in [0.05, 0.1) is 4.90 Å². The molecule has 0 spiro atoms. The third-order valence-electron chi connectivity index (χ3n) is 5.11. The van der Waals surface area contributed by atoms with Crippen LogP contribution in [0.15, 0.2) is 34.1 Å². The molecular weight excluding hydrogens is 492 g/mol. The molecule has 1 fully saturated rings. The van der Waals surface area contributed by atoms with Crippen LogP contribution < -0.4 is 0 Å². The molecule has 2 rings (SSSR count). The summed E-state index contributed by atoms with van der Waals surface area (Å²) in [7, 11) is -7.72. The second-order valence-electron chi connectivity index (χ2n) is 11.1. The summed E-state index contributed by atoms with van der Waals surface area (Å²) in [5.41, 5.74) is -1.64. The van der Waals surface area contributed by atoms with Crippen molar-refractivity contribution in [1.82, 2.24) is 9.37 Å². The van der Waals surface area contributed by atoms with Gasteiger partial charge in [0.15, 0.2) is 0 Å². The van der Waals surface area contributed by atoms with Crippen molar-refractivity contribution in [3.63, 3.8) is 0 Å². The van der Waals surface area contributed by atoms with E-state index in [1.165, 1.54) is 17.8 Å². The zero-order valence-corrected chi connectivity index (χ0v) is 24.1. The van der Waals surface area contributed by atoms with Gasteiger partial charge in [-0.15, -0.1) is 11.8 Å². The Balaban J connectivity index is 2.36. The number of aliphatic hydroxyl groups excluding tert-OH is 1. The number of ether oxygens (including phenoxy) is 1. The quantitative estimate of drug-likeness (QED) is 0.198. The Morgan fingerprint density at radius 3 is 2.26 bits per heavy atom. The summed E-state index contributed by atoms with van der Waals surface area (Å²) in [5.74, 6) is 0.681. The fraction of sp³-hybridized carbons (Fsp3) is 0.696. The number of hydrogen-bond donors (Lipinski definition) is 1. The number of hydroxylamine groups is 1. The van der Waals surface area contributed by atoms with Crippen molar-refractivity contribution in [2.24, 2.45) is 5.41 Å². The van der Waals surface area contributed by atoms with E-state index in [2.05, 4.69) is 4.90 Å². The van der Waals surface area contributed by atoms with Crippen molar-refractivity contribution in [2.45, 2.75) is 82.4 Å². The Morgan fingerprint density at radius 2 is 1.74 bits per heavy atom. The lowest BCUT2D eigenvalue weighted by Gasteiger charge is -2.36. The Labute approximate surface area is 210 Å². The summed E-state index contributed by atoms with van der Waals surface area (Å²) in [4.78, 5) is 16.1. The van der Waals surface area contributed by atoms with Gasteiger partial charge < -0.3 is 14.4 Å². The first-order chi connectivity index (χ1) is 15.6. The van der Waals surface area contributed by atoms with Crippen LogP contribution in [0.3, 0.4) is 0 Å². The van der Waals surface area contributed by atoms with Gasteiger partial charge in [0.2, 0.25) is 0 Å². The smallest absolute Gasteiger partial charge is 0.342 e. The molecule has 11 heteroatoms. The van der Waals surface area contributed by atoms with E-state index in [0.717, 1.165) is 25.9 Å². The third-order valence-corrected chi connectivity index (χ3v) is 11.5. The van der Waals surface area contributed by atoms with Gasteiger partial charge in [0.25, 0.3) is 10.0 Å². The highest BCUT2D eigenvalue weighted by molar-refractivity contribution is 8.00. The highest BCUT2D eigenvalue weighted by Gasteiger charge is 2.49. The SMILES string of the molecule is CC(C)(C)C[Si](C)(ON(CO)S(=O)(=O)c1ccccc1SCN1CCCC1)C(=O)OC(C)(C)C. The van der Waals surface area contributed by atoms with Crippen molar-refractivity contribution in [3.8, 4) is 0 Å². The lowest BCUT2D eigenvalue weighted by atomic mass is 10.0. The van der Waals surface area contributed by atoms with E-state index in [-0.39, 0.29) is 10.3 Å². The summed E-state index contributed by atoms with van der Waals surface area (Å²) in [6.07, 6.45) is 2.29. The van der Waals surface area contributed by atoms with Gasteiger partial charge in [-0.1, -0.05) is 37.4 Å². The minimum Gasteiger partial charge on any atom is -0.462 e. The number of thioether (sulfide) groups is 1. The monoisotopic (exact) mass is 532 g/mol. The number of rotatable bonds is 10. The maximum Gasteiger partial charge on any atom is 0.342 e. The minimum atomic E-state index is -4.24. The van der Waals surface area contributed by atoms with Crippen LogP contribution in [0.2, 0.25) is 12.6 Å². The standard InChI is InChI=1S/C23H40N2O6S2Si/c1-22(2,3)16-34(7,21(27)30-23(4,5)6)31-25(17-26)33(28,29)20-13-9-8-12-19(20)32-18-24-14-10-11-15-24/h8-9,12-13,26H,10-11,14-18H2,1-7H3. The van der Waals surface area contributed by atoms with Crippen molar-refractivity contribution in [3.05, 3.63) is 24.3 Å². The molecule has 1 saturated heterocycles. The third kappa shape index (κ3) is 8.32. The summed E-state index contributed by atoms with van der Waals surface area (Å²) in [6, 6.07) is 7.00.